The Bertz CT molecular complexity index is 1530. The molecule has 4 aliphatic carbocycles. The van der Waals surface area contributed by atoms with E-state index >= 15 is 0 Å². The minimum absolute atomic E-state index is 0.00427. The first-order chi connectivity index (χ1) is 20.7. The number of halogens is 5. The van der Waals surface area contributed by atoms with Crippen molar-refractivity contribution in [3.63, 3.8) is 0 Å². The minimum atomic E-state index is -5.85. The Kier molecular flexibility index (Phi) is 7.42. The van der Waals surface area contributed by atoms with E-state index in [9.17, 15) is 36.6 Å². The molecule has 1 amide bonds. The summed E-state index contributed by atoms with van der Waals surface area (Å²) in [5.41, 5.74) is 0.501. The van der Waals surface area contributed by atoms with Gasteiger partial charge in [0.1, 0.15) is 5.60 Å². The SMILES string of the molecule is CN(Cc1ccccc1)C(=O)c1ccc(C2CC(=O)C=C3CCC4C(=C32)CC[C@@]2(C)C4CC[C@]2(O)C(F)(F)C(F)(F)F)cc1. The average Bonchev–Trinajstić information content (AvgIpc) is 3.27. The molecule has 1 N–H and O–H groups in total. The fourth-order valence-electron chi connectivity index (χ4n) is 8.69. The summed E-state index contributed by atoms with van der Waals surface area (Å²) in [5, 5.41) is 11.1. The molecular formula is C35H36F5NO3. The van der Waals surface area contributed by atoms with Gasteiger partial charge in [-0.25, -0.2) is 0 Å². The Balaban J connectivity index is 1.30. The van der Waals surface area contributed by atoms with Crippen LogP contribution in [0.2, 0.25) is 0 Å². The molecule has 5 atom stereocenters. The molecule has 0 heterocycles. The Morgan fingerprint density at radius 1 is 0.977 bits per heavy atom. The van der Waals surface area contributed by atoms with Crippen molar-refractivity contribution in [2.45, 2.75) is 82.0 Å². The van der Waals surface area contributed by atoms with E-state index in [0.717, 1.165) is 27.8 Å². The van der Waals surface area contributed by atoms with Crippen molar-refractivity contribution in [2.75, 3.05) is 7.05 Å². The molecule has 2 fully saturated rings. The molecule has 2 aromatic rings. The van der Waals surface area contributed by atoms with E-state index in [-0.39, 0.29) is 49.2 Å². The largest absolute Gasteiger partial charge is 0.456 e. The van der Waals surface area contributed by atoms with Gasteiger partial charge in [0.15, 0.2) is 5.78 Å². The third-order valence-corrected chi connectivity index (χ3v) is 11.0. The van der Waals surface area contributed by atoms with E-state index in [0.29, 0.717) is 24.9 Å². The predicted molar refractivity (Wildman–Crippen MR) is 155 cm³/mol. The van der Waals surface area contributed by atoms with Crippen molar-refractivity contribution in [3.8, 4) is 0 Å². The summed E-state index contributed by atoms with van der Waals surface area (Å²) in [5.74, 6) is -6.46. The van der Waals surface area contributed by atoms with Crippen LogP contribution in [0.1, 0.15) is 79.3 Å². The smallest absolute Gasteiger partial charge is 0.383 e. The molecule has 4 nitrogen and oxygen atoms in total. The van der Waals surface area contributed by atoms with Gasteiger partial charge in [-0.3, -0.25) is 9.59 Å². The zero-order chi connectivity index (χ0) is 31.7. The van der Waals surface area contributed by atoms with Crippen molar-refractivity contribution in [2.24, 2.45) is 17.3 Å². The topological polar surface area (TPSA) is 57.6 Å². The molecule has 44 heavy (non-hydrogen) atoms. The van der Waals surface area contributed by atoms with Gasteiger partial charge >= 0.3 is 12.1 Å². The lowest BCUT2D eigenvalue weighted by molar-refractivity contribution is -0.362. The van der Waals surface area contributed by atoms with Crippen molar-refractivity contribution in [1.29, 1.82) is 0 Å². The van der Waals surface area contributed by atoms with Gasteiger partial charge in [-0.15, -0.1) is 0 Å². The molecule has 2 aromatic carbocycles. The monoisotopic (exact) mass is 613 g/mol. The second-order valence-electron chi connectivity index (χ2n) is 13.2. The van der Waals surface area contributed by atoms with Crippen LogP contribution in [-0.4, -0.2) is 46.4 Å². The molecule has 0 aliphatic heterocycles. The van der Waals surface area contributed by atoms with Gasteiger partial charge in [-0.05, 0) is 90.8 Å². The van der Waals surface area contributed by atoms with Crippen LogP contribution in [0.5, 0.6) is 0 Å². The number of amides is 1. The molecular weight excluding hydrogens is 577 g/mol. The summed E-state index contributed by atoms with van der Waals surface area (Å²) in [7, 11) is 1.74. The van der Waals surface area contributed by atoms with Crippen LogP contribution in [0.15, 0.2) is 77.4 Å². The number of rotatable bonds is 5. The summed E-state index contributed by atoms with van der Waals surface area (Å²) in [6.45, 7) is 1.86. The normalized spacial score (nSPS) is 30.3. The fourth-order valence-corrected chi connectivity index (χ4v) is 8.69. The summed E-state index contributed by atoms with van der Waals surface area (Å²) >= 11 is 0. The van der Waals surface area contributed by atoms with Crippen LogP contribution in [0.3, 0.4) is 0 Å². The van der Waals surface area contributed by atoms with Crippen molar-refractivity contribution >= 4 is 11.7 Å². The summed E-state index contributed by atoms with van der Waals surface area (Å²) in [4.78, 5) is 27.6. The summed E-state index contributed by atoms with van der Waals surface area (Å²) < 4.78 is 70.3. The van der Waals surface area contributed by atoms with E-state index in [1.54, 1.807) is 30.2 Å². The molecule has 6 rings (SSSR count). The first kappa shape index (κ1) is 30.7. The number of benzene rings is 2. The maximum Gasteiger partial charge on any atom is 0.456 e. The van der Waals surface area contributed by atoms with E-state index in [1.165, 1.54) is 6.92 Å². The number of nitrogens with zero attached hydrogens (tertiary/aromatic N) is 1. The number of carbonyl (C=O) groups is 2. The van der Waals surface area contributed by atoms with Crippen LogP contribution < -0.4 is 0 Å². The molecule has 234 valence electrons. The van der Waals surface area contributed by atoms with Crippen molar-refractivity contribution < 1.29 is 36.6 Å². The van der Waals surface area contributed by atoms with Gasteiger partial charge in [0.25, 0.3) is 5.91 Å². The highest BCUT2D eigenvalue weighted by molar-refractivity contribution is 5.95. The lowest BCUT2D eigenvalue weighted by Crippen LogP contribution is -2.64. The van der Waals surface area contributed by atoms with Gasteiger partial charge in [0.2, 0.25) is 0 Å². The molecule has 9 heteroatoms. The Labute approximate surface area is 253 Å². The maximum atomic E-state index is 14.8. The van der Waals surface area contributed by atoms with Crippen molar-refractivity contribution in [3.05, 3.63) is 94.1 Å². The predicted octanol–water partition coefficient (Wildman–Crippen LogP) is 7.79. The molecule has 0 aromatic heterocycles. The van der Waals surface area contributed by atoms with Crippen molar-refractivity contribution in [1.82, 2.24) is 4.90 Å². The van der Waals surface area contributed by atoms with E-state index in [2.05, 4.69) is 0 Å². The van der Waals surface area contributed by atoms with Gasteiger partial charge in [-0.2, -0.15) is 22.0 Å². The fraction of sp³-hybridized carbons (Fsp3) is 0.486. The second-order valence-corrected chi connectivity index (χ2v) is 13.2. The third-order valence-electron chi connectivity index (χ3n) is 11.0. The Morgan fingerprint density at radius 3 is 2.32 bits per heavy atom. The molecule has 2 saturated carbocycles. The zero-order valence-corrected chi connectivity index (χ0v) is 24.8. The third kappa shape index (κ3) is 4.65. The average molecular weight is 614 g/mol. The molecule has 0 radical (unpaired) electrons. The number of hydrogen-bond acceptors (Lipinski definition) is 3. The van der Waals surface area contributed by atoms with Crippen LogP contribution in [0.25, 0.3) is 0 Å². The molecule has 4 aliphatic rings. The molecule has 3 unspecified atom stereocenters. The van der Waals surface area contributed by atoms with Crippen LogP contribution in [0.4, 0.5) is 22.0 Å². The number of ketones is 1. The first-order valence-corrected chi connectivity index (χ1v) is 15.2. The van der Waals surface area contributed by atoms with E-state index < -0.39 is 35.5 Å². The highest BCUT2D eigenvalue weighted by Gasteiger charge is 2.78. The van der Waals surface area contributed by atoms with Gasteiger partial charge < -0.3 is 10.0 Å². The number of fused-ring (bicyclic) bond motifs is 4. The number of alkyl halides is 5. The first-order valence-electron chi connectivity index (χ1n) is 15.2. The van der Waals surface area contributed by atoms with Gasteiger partial charge in [0.05, 0.1) is 0 Å². The molecule has 0 saturated heterocycles. The molecule has 0 bridgehead atoms. The lowest BCUT2D eigenvalue weighted by atomic mass is 9.53. The number of aliphatic hydroxyl groups is 1. The number of allylic oxidation sites excluding steroid dienone is 4. The van der Waals surface area contributed by atoms with Crippen LogP contribution in [-0.2, 0) is 11.3 Å². The lowest BCUT2D eigenvalue weighted by Gasteiger charge is -2.53. The zero-order valence-electron chi connectivity index (χ0n) is 24.8. The standard InChI is InChI=1S/C35H36F5NO3/c1-32-16-14-27-26(29(32)15-17-33(32,44)34(36,37)35(38,39)40)13-12-24-18-25(42)19-28(30(24)27)22-8-10-23(11-9-22)31(43)41(2)20-21-6-4-3-5-7-21/h3-11,18,26,28-29,44H,12-17,19-20H2,1-2H3/t26?,28?,29?,32-,33+/m0/s1. The summed E-state index contributed by atoms with van der Waals surface area (Å²) in [6.07, 6.45) is -3.16. The second kappa shape index (κ2) is 10.6. The van der Waals surface area contributed by atoms with Crippen LogP contribution in [0, 0.1) is 17.3 Å². The number of carbonyl (C=O) groups excluding carboxylic acids is 2. The highest BCUT2D eigenvalue weighted by atomic mass is 19.4. The summed E-state index contributed by atoms with van der Waals surface area (Å²) in [6, 6.07) is 16.9. The van der Waals surface area contributed by atoms with Crippen LogP contribution >= 0.6 is 0 Å². The quantitative estimate of drug-likeness (QED) is 0.351. The highest BCUT2D eigenvalue weighted by Crippen LogP contribution is 2.68. The van der Waals surface area contributed by atoms with Gasteiger partial charge in [0, 0.05) is 36.9 Å². The van der Waals surface area contributed by atoms with E-state index in [1.807, 2.05) is 42.5 Å². The van der Waals surface area contributed by atoms with E-state index in [4.69, 9.17) is 0 Å². The van der Waals surface area contributed by atoms with Gasteiger partial charge in [-0.1, -0.05) is 55.0 Å². The maximum absolute atomic E-state index is 14.8. The molecule has 0 spiro atoms. The Morgan fingerprint density at radius 2 is 1.66 bits per heavy atom. The Hall–Kier alpha value is -3.33. The number of hydrogen-bond donors (Lipinski definition) is 1. The minimum Gasteiger partial charge on any atom is -0.383 e.